The Morgan fingerprint density at radius 2 is 1.59 bits per heavy atom. The third-order valence-corrected chi connectivity index (χ3v) is 6.95. The fraction of sp³-hybridized carbons (Fsp3) is 0.360. The van der Waals surface area contributed by atoms with Crippen LogP contribution in [0.2, 0.25) is 0 Å². The molecule has 1 aliphatic rings. The smallest absolute Gasteiger partial charge is 0.233 e. The molecule has 178 valence electrons. The van der Waals surface area contributed by atoms with Crippen LogP contribution in [0.5, 0.6) is 0 Å². The van der Waals surface area contributed by atoms with Gasteiger partial charge in [0.1, 0.15) is 5.82 Å². The average Bonchev–Trinajstić information content (AvgIpc) is 3.27. The molecule has 1 fully saturated rings. The predicted molar refractivity (Wildman–Crippen MR) is 130 cm³/mol. The zero-order chi connectivity index (χ0) is 24.1. The zero-order valence-corrected chi connectivity index (χ0v) is 20.2. The van der Waals surface area contributed by atoms with Gasteiger partial charge in [-0.1, -0.05) is 48.2 Å². The maximum Gasteiger partial charge on any atom is 0.233 e. The van der Waals surface area contributed by atoms with E-state index in [4.69, 9.17) is 0 Å². The number of amides is 2. The number of nitrogens with zero attached hydrogens (tertiary/aromatic N) is 5. The fourth-order valence-corrected chi connectivity index (χ4v) is 4.92. The molecule has 2 heterocycles. The van der Waals surface area contributed by atoms with Gasteiger partial charge in [-0.25, -0.2) is 4.39 Å². The quantitative estimate of drug-likeness (QED) is 0.484. The van der Waals surface area contributed by atoms with Crippen LogP contribution in [-0.2, 0) is 22.6 Å². The Balaban J connectivity index is 1.30. The molecule has 3 aromatic rings. The second-order valence-corrected chi connectivity index (χ2v) is 9.16. The molecule has 7 nitrogen and oxygen atoms in total. The maximum atomic E-state index is 13.1. The highest BCUT2D eigenvalue weighted by Crippen LogP contribution is 2.26. The largest absolute Gasteiger partial charge is 0.339 e. The summed E-state index contributed by atoms with van der Waals surface area (Å²) in [6, 6.07) is 14.0. The van der Waals surface area contributed by atoms with Crippen LogP contribution in [0, 0.1) is 12.7 Å². The van der Waals surface area contributed by atoms with Crippen LogP contribution in [-0.4, -0.2) is 68.3 Å². The van der Waals surface area contributed by atoms with Crippen LogP contribution in [0.1, 0.15) is 18.1 Å². The predicted octanol–water partition coefficient (Wildman–Crippen LogP) is 3.42. The van der Waals surface area contributed by atoms with Gasteiger partial charge in [0.15, 0.2) is 11.0 Å². The molecule has 0 aliphatic carbocycles. The van der Waals surface area contributed by atoms with Crippen molar-refractivity contribution in [3.05, 3.63) is 65.5 Å². The Hall–Kier alpha value is -3.20. The Morgan fingerprint density at radius 3 is 2.24 bits per heavy atom. The van der Waals surface area contributed by atoms with Gasteiger partial charge in [-0.05, 0) is 37.1 Å². The number of aryl methyl sites for hydroxylation is 1. The van der Waals surface area contributed by atoms with Crippen molar-refractivity contribution in [2.45, 2.75) is 32.0 Å². The van der Waals surface area contributed by atoms with E-state index in [2.05, 4.69) is 10.2 Å². The monoisotopic (exact) mass is 481 g/mol. The number of rotatable bonds is 7. The first-order chi connectivity index (χ1) is 16.5. The van der Waals surface area contributed by atoms with E-state index in [9.17, 15) is 14.0 Å². The number of carbonyl (C=O) groups excluding carboxylic acids is 2. The SMILES string of the molecule is CCn1c(SCC(=O)N2CCN(C(=O)Cc3ccc(F)cc3)CC2)nnc1-c1ccccc1C. The van der Waals surface area contributed by atoms with Crippen molar-refractivity contribution >= 4 is 23.6 Å². The first-order valence-electron chi connectivity index (χ1n) is 11.4. The van der Waals surface area contributed by atoms with Gasteiger partial charge in [0.05, 0.1) is 12.2 Å². The number of thioether (sulfide) groups is 1. The van der Waals surface area contributed by atoms with Gasteiger partial charge in [0.25, 0.3) is 0 Å². The zero-order valence-electron chi connectivity index (χ0n) is 19.4. The van der Waals surface area contributed by atoms with Gasteiger partial charge >= 0.3 is 0 Å². The number of carbonyl (C=O) groups is 2. The van der Waals surface area contributed by atoms with E-state index < -0.39 is 0 Å². The number of benzene rings is 2. The summed E-state index contributed by atoms with van der Waals surface area (Å²) < 4.78 is 15.1. The van der Waals surface area contributed by atoms with Crippen molar-refractivity contribution in [3.8, 4) is 11.4 Å². The second-order valence-electron chi connectivity index (χ2n) is 8.22. The van der Waals surface area contributed by atoms with E-state index in [1.807, 2.05) is 42.7 Å². The molecule has 1 saturated heterocycles. The third-order valence-electron chi connectivity index (χ3n) is 6.00. The van der Waals surface area contributed by atoms with Crippen LogP contribution < -0.4 is 0 Å². The highest BCUT2D eigenvalue weighted by atomic mass is 32.2. The number of hydrogen-bond donors (Lipinski definition) is 0. The minimum atomic E-state index is -0.315. The second kappa shape index (κ2) is 10.8. The molecule has 0 unspecified atom stereocenters. The molecule has 1 aromatic heterocycles. The van der Waals surface area contributed by atoms with E-state index >= 15 is 0 Å². The van der Waals surface area contributed by atoms with Crippen molar-refractivity contribution < 1.29 is 14.0 Å². The van der Waals surface area contributed by atoms with Crippen molar-refractivity contribution in [2.75, 3.05) is 31.9 Å². The standard InChI is InChI=1S/C25H28FN5O2S/c1-3-31-24(21-7-5-4-6-18(21)2)27-28-25(31)34-17-23(33)30-14-12-29(13-15-30)22(32)16-19-8-10-20(26)11-9-19/h4-11H,3,12-17H2,1-2H3. The number of hydrogen-bond acceptors (Lipinski definition) is 5. The van der Waals surface area contributed by atoms with Gasteiger partial charge in [0.2, 0.25) is 11.8 Å². The molecule has 4 rings (SSSR count). The summed E-state index contributed by atoms with van der Waals surface area (Å²) in [7, 11) is 0. The van der Waals surface area contributed by atoms with Crippen molar-refractivity contribution in [1.29, 1.82) is 0 Å². The van der Waals surface area contributed by atoms with Crippen molar-refractivity contribution in [1.82, 2.24) is 24.6 Å². The summed E-state index contributed by atoms with van der Waals surface area (Å²) in [6.45, 7) is 6.80. The van der Waals surface area contributed by atoms with E-state index in [1.54, 1.807) is 21.9 Å². The Bertz CT molecular complexity index is 1160. The highest BCUT2D eigenvalue weighted by Gasteiger charge is 2.25. The first-order valence-corrected chi connectivity index (χ1v) is 12.4. The Kier molecular flexibility index (Phi) is 7.62. The highest BCUT2D eigenvalue weighted by molar-refractivity contribution is 7.99. The first kappa shape index (κ1) is 23.9. The van der Waals surface area contributed by atoms with E-state index in [0.29, 0.717) is 32.7 Å². The normalized spacial score (nSPS) is 13.9. The minimum absolute atomic E-state index is 0.00661. The van der Waals surface area contributed by atoms with Gasteiger partial charge in [-0.3, -0.25) is 9.59 Å². The number of halogens is 1. The molecule has 9 heteroatoms. The number of aromatic nitrogens is 3. The molecule has 0 atom stereocenters. The van der Waals surface area contributed by atoms with Crippen LogP contribution in [0.25, 0.3) is 11.4 Å². The molecule has 2 aromatic carbocycles. The molecule has 34 heavy (non-hydrogen) atoms. The molecule has 0 saturated carbocycles. The van der Waals surface area contributed by atoms with Gasteiger partial charge < -0.3 is 14.4 Å². The number of piperazine rings is 1. The lowest BCUT2D eigenvalue weighted by Crippen LogP contribution is -2.51. The molecule has 0 spiro atoms. The van der Waals surface area contributed by atoms with Crippen molar-refractivity contribution in [3.63, 3.8) is 0 Å². The lowest BCUT2D eigenvalue weighted by molar-refractivity contribution is -0.137. The average molecular weight is 482 g/mol. The summed E-state index contributed by atoms with van der Waals surface area (Å²) in [5.41, 5.74) is 2.95. The fourth-order valence-electron chi connectivity index (χ4n) is 4.02. The van der Waals surface area contributed by atoms with E-state index in [-0.39, 0.29) is 29.8 Å². The van der Waals surface area contributed by atoms with Crippen LogP contribution >= 0.6 is 11.8 Å². The van der Waals surface area contributed by atoms with E-state index in [1.165, 1.54) is 23.9 Å². The summed E-state index contributed by atoms with van der Waals surface area (Å²) in [4.78, 5) is 28.9. The minimum Gasteiger partial charge on any atom is -0.339 e. The topological polar surface area (TPSA) is 71.3 Å². The lowest BCUT2D eigenvalue weighted by atomic mass is 10.1. The summed E-state index contributed by atoms with van der Waals surface area (Å²) in [6.07, 6.45) is 0.236. The van der Waals surface area contributed by atoms with Crippen LogP contribution in [0.3, 0.4) is 0 Å². The molecular weight excluding hydrogens is 453 g/mol. The van der Waals surface area contributed by atoms with E-state index in [0.717, 1.165) is 27.7 Å². The summed E-state index contributed by atoms with van der Waals surface area (Å²) in [5.74, 6) is 0.787. The molecule has 0 N–H and O–H groups in total. The Labute approximate surface area is 203 Å². The van der Waals surface area contributed by atoms with Crippen molar-refractivity contribution in [2.24, 2.45) is 0 Å². The maximum absolute atomic E-state index is 13.1. The van der Waals surface area contributed by atoms with Crippen LogP contribution in [0.15, 0.2) is 53.7 Å². The van der Waals surface area contributed by atoms with Gasteiger partial charge in [0, 0.05) is 38.3 Å². The molecule has 0 bridgehead atoms. The summed E-state index contributed by atoms with van der Waals surface area (Å²) in [5, 5.41) is 9.43. The molecule has 0 radical (unpaired) electrons. The molecule has 1 aliphatic heterocycles. The summed E-state index contributed by atoms with van der Waals surface area (Å²) >= 11 is 1.39. The van der Waals surface area contributed by atoms with Crippen LogP contribution in [0.4, 0.5) is 4.39 Å². The Morgan fingerprint density at radius 1 is 0.941 bits per heavy atom. The molecule has 2 amide bonds. The van der Waals surface area contributed by atoms with Gasteiger partial charge in [-0.2, -0.15) is 0 Å². The third kappa shape index (κ3) is 5.47. The molecular formula is C25H28FN5O2S. The lowest BCUT2D eigenvalue weighted by Gasteiger charge is -2.34. The van der Waals surface area contributed by atoms with Gasteiger partial charge in [-0.15, -0.1) is 10.2 Å².